The Bertz CT molecular complexity index is 1350. The minimum Gasteiger partial charge on any atom is -0.507 e. The number of hydrogen-bond donors (Lipinski definition) is 1. The molecule has 0 radical (unpaired) electrons. The first-order valence-corrected chi connectivity index (χ1v) is 13.1. The van der Waals surface area contributed by atoms with Crippen LogP contribution < -0.4 is 9.47 Å². The molecule has 1 unspecified atom stereocenters. The van der Waals surface area contributed by atoms with E-state index >= 15 is 0 Å². The van der Waals surface area contributed by atoms with Gasteiger partial charge in [-0.3, -0.25) is 9.59 Å². The van der Waals surface area contributed by atoms with E-state index < -0.39 is 17.7 Å². The molecule has 1 amide bonds. The molecule has 1 saturated heterocycles. The van der Waals surface area contributed by atoms with Gasteiger partial charge in [-0.1, -0.05) is 42.5 Å². The highest BCUT2D eigenvalue weighted by Gasteiger charge is 2.45. The van der Waals surface area contributed by atoms with Gasteiger partial charge in [0.1, 0.15) is 23.9 Å². The Hall–Kier alpha value is -4.10. The van der Waals surface area contributed by atoms with Gasteiger partial charge in [-0.05, 0) is 81.9 Å². The van der Waals surface area contributed by atoms with E-state index in [0.717, 1.165) is 16.7 Å². The molecule has 1 fully saturated rings. The topological polar surface area (TPSA) is 79.3 Å². The number of Topliss-reactive ketones (excluding diaryl/α,β-unsaturated/α-hetero) is 1. The summed E-state index contributed by atoms with van der Waals surface area (Å²) < 4.78 is 11.7. The van der Waals surface area contributed by atoms with E-state index in [9.17, 15) is 14.7 Å². The predicted octanol–water partition coefficient (Wildman–Crippen LogP) is 5.34. The zero-order chi connectivity index (χ0) is 28.1. The number of aliphatic hydroxyl groups excluding tert-OH is 1. The van der Waals surface area contributed by atoms with Gasteiger partial charge in [-0.2, -0.15) is 0 Å². The summed E-state index contributed by atoms with van der Waals surface area (Å²) in [5.74, 6) is -0.140. The van der Waals surface area contributed by atoms with Gasteiger partial charge in [0.05, 0.1) is 17.7 Å². The average molecular weight is 529 g/mol. The third-order valence-electron chi connectivity index (χ3n) is 6.58. The summed E-state index contributed by atoms with van der Waals surface area (Å²) in [6, 6.07) is 21.8. The van der Waals surface area contributed by atoms with Crippen molar-refractivity contribution < 1.29 is 24.2 Å². The number of ether oxygens (including phenoxy) is 2. The number of nitrogens with zero attached hydrogens (tertiary/aromatic N) is 2. The lowest BCUT2D eigenvalue weighted by atomic mass is 9.94. The number of carbonyl (C=O) groups is 2. The average Bonchev–Trinajstić information content (AvgIpc) is 3.17. The number of rotatable bonds is 10. The van der Waals surface area contributed by atoms with E-state index in [1.165, 1.54) is 4.90 Å². The number of aryl methyl sites for hydroxylation is 1. The Balaban J connectivity index is 1.69. The van der Waals surface area contributed by atoms with Crippen LogP contribution in [0.15, 0.2) is 78.4 Å². The molecule has 0 aliphatic carbocycles. The quantitative estimate of drug-likeness (QED) is 0.217. The largest absolute Gasteiger partial charge is 0.507 e. The number of amides is 1. The van der Waals surface area contributed by atoms with Crippen LogP contribution in [0.4, 0.5) is 0 Å². The minimum atomic E-state index is -0.722. The number of likely N-dealkylation sites (tertiary alicyclic amines) is 1. The van der Waals surface area contributed by atoms with Crippen molar-refractivity contribution in [1.29, 1.82) is 0 Å². The molecule has 0 saturated carbocycles. The van der Waals surface area contributed by atoms with Crippen LogP contribution in [0.3, 0.4) is 0 Å². The fourth-order valence-corrected chi connectivity index (χ4v) is 4.59. The summed E-state index contributed by atoms with van der Waals surface area (Å²) in [6.45, 7) is 7.11. The summed E-state index contributed by atoms with van der Waals surface area (Å²) >= 11 is 0. The Morgan fingerprint density at radius 3 is 2.31 bits per heavy atom. The Labute approximate surface area is 230 Å². The van der Waals surface area contributed by atoms with E-state index in [-0.39, 0.29) is 17.4 Å². The summed E-state index contributed by atoms with van der Waals surface area (Å²) in [5, 5.41) is 11.4. The van der Waals surface area contributed by atoms with Crippen molar-refractivity contribution in [2.24, 2.45) is 0 Å². The van der Waals surface area contributed by atoms with Gasteiger partial charge >= 0.3 is 0 Å². The third-order valence-corrected chi connectivity index (χ3v) is 6.58. The second-order valence-electron chi connectivity index (χ2n) is 10.3. The molecule has 3 aromatic carbocycles. The minimum absolute atomic E-state index is 0.00446. The predicted molar refractivity (Wildman–Crippen MR) is 152 cm³/mol. The van der Waals surface area contributed by atoms with E-state index in [1.807, 2.05) is 94.4 Å². The molecular formula is C32H36N2O5. The second kappa shape index (κ2) is 12.2. The van der Waals surface area contributed by atoms with Crippen LogP contribution >= 0.6 is 0 Å². The molecule has 204 valence electrons. The highest BCUT2D eigenvalue weighted by Crippen LogP contribution is 2.40. The van der Waals surface area contributed by atoms with Gasteiger partial charge in [0.2, 0.25) is 0 Å². The maximum atomic E-state index is 13.3. The standard InChI is InChI=1S/C32H36N2O5/c1-21(2)39-27-16-13-25(19-22(27)3)30(35)28-29(34(18-17-33(4)5)32(37)31(28)36)24-11-14-26(15-12-24)38-20-23-9-7-6-8-10-23/h6-16,19,21,29,35H,17-18,20H2,1-5H3/b30-28+. The van der Waals surface area contributed by atoms with E-state index in [2.05, 4.69) is 0 Å². The summed E-state index contributed by atoms with van der Waals surface area (Å²) in [4.78, 5) is 30.0. The van der Waals surface area contributed by atoms with Gasteiger partial charge in [-0.25, -0.2) is 0 Å². The molecule has 1 atom stereocenters. The highest BCUT2D eigenvalue weighted by molar-refractivity contribution is 6.46. The number of carbonyl (C=O) groups excluding carboxylic acids is 2. The van der Waals surface area contributed by atoms with Crippen LogP contribution in [-0.4, -0.2) is 59.9 Å². The van der Waals surface area contributed by atoms with Crippen molar-refractivity contribution in [3.63, 3.8) is 0 Å². The zero-order valence-electron chi connectivity index (χ0n) is 23.2. The lowest BCUT2D eigenvalue weighted by molar-refractivity contribution is -0.140. The molecule has 7 heteroatoms. The molecule has 7 nitrogen and oxygen atoms in total. The molecule has 4 rings (SSSR count). The maximum Gasteiger partial charge on any atom is 0.295 e. The van der Waals surface area contributed by atoms with Crippen molar-refractivity contribution in [2.45, 2.75) is 39.5 Å². The molecule has 1 aliphatic heterocycles. The maximum absolute atomic E-state index is 13.3. The SMILES string of the molecule is Cc1cc(/C(O)=C2\C(=O)C(=O)N(CCN(C)C)C2c2ccc(OCc3ccccc3)cc2)ccc1OC(C)C. The van der Waals surface area contributed by atoms with Crippen LogP contribution in [0.2, 0.25) is 0 Å². The highest BCUT2D eigenvalue weighted by atomic mass is 16.5. The van der Waals surface area contributed by atoms with Gasteiger partial charge in [0.25, 0.3) is 11.7 Å². The van der Waals surface area contributed by atoms with E-state index in [0.29, 0.717) is 36.8 Å². The Kier molecular flexibility index (Phi) is 8.72. The second-order valence-corrected chi connectivity index (χ2v) is 10.3. The van der Waals surface area contributed by atoms with Crippen LogP contribution in [0, 0.1) is 6.92 Å². The normalized spacial score (nSPS) is 16.8. The van der Waals surface area contributed by atoms with Gasteiger partial charge in [0.15, 0.2) is 0 Å². The number of ketones is 1. The van der Waals surface area contributed by atoms with Crippen molar-refractivity contribution in [2.75, 3.05) is 27.2 Å². The first-order chi connectivity index (χ1) is 18.7. The molecule has 1 heterocycles. The summed E-state index contributed by atoms with van der Waals surface area (Å²) in [6.07, 6.45) is 0.00446. The first kappa shape index (κ1) is 27.9. The van der Waals surface area contributed by atoms with Crippen molar-refractivity contribution in [3.8, 4) is 11.5 Å². The smallest absolute Gasteiger partial charge is 0.295 e. The molecule has 39 heavy (non-hydrogen) atoms. The molecule has 1 N–H and O–H groups in total. The third kappa shape index (κ3) is 6.49. The lowest BCUT2D eigenvalue weighted by Gasteiger charge is -2.26. The van der Waals surface area contributed by atoms with Crippen LogP contribution in [-0.2, 0) is 16.2 Å². The monoisotopic (exact) mass is 528 g/mol. The molecule has 0 aromatic heterocycles. The lowest BCUT2D eigenvalue weighted by Crippen LogP contribution is -2.35. The van der Waals surface area contributed by atoms with Gasteiger partial charge in [-0.15, -0.1) is 0 Å². The fraction of sp³-hybridized carbons (Fsp3) is 0.312. The van der Waals surface area contributed by atoms with E-state index in [4.69, 9.17) is 9.47 Å². The molecule has 0 spiro atoms. The van der Waals surface area contributed by atoms with Crippen molar-refractivity contribution in [3.05, 3.63) is 101 Å². The van der Waals surface area contributed by atoms with Crippen LogP contribution in [0.1, 0.15) is 42.1 Å². The summed E-state index contributed by atoms with van der Waals surface area (Å²) in [7, 11) is 3.82. The van der Waals surface area contributed by atoms with Crippen molar-refractivity contribution in [1.82, 2.24) is 9.80 Å². The molecule has 0 bridgehead atoms. The van der Waals surface area contributed by atoms with Crippen LogP contribution in [0.25, 0.3) is 5.76 Å². The van der Waals surface area contributed by atoms with Crippen molar-refractivity contribution >= 4 is 17.4 Å². The Morgan fingerprint density at radius 2 is 1.69 bits per heavy atom. The van der Waals surface area contributed by atoms with E-state index in [1.54, 1.807) is 18.2 Å². The summed E-state index contributed by atoms with van der Waals surface area (Å²) in [5.41, 5.74) is 3.14. The number of aliphatic hydroxyl groups is 1. The number of hydrogen-bond acceptors (Lipinski definition) is 6. The Morgan fingerprint density at radius 1 is 1.00 bits per heavy atom. The number of likely N-dealkylation sites (N-methyl/N-ethyl adjacent to an activating group) is 1. The van der Waals surface area contributed by atoms with Gasteiger partial charge in [0, 0.05) is 18.7 Å². The fourth-order valence-electron chi connectivity index (χ4n) is 4.59. The van der Waals surface area contributed by atoms with Gasteiger partial charge < -0.3 is 24.4 Å². The molecular weight excluding hydrogens is 492 g/mol. The number of benzene rings is 3. The molecule has 3 aromatic rings. The molecule has 1 aliphatic rings. The first-order valence-electron chi connectivity index (χ1n) is 13.1. The van der Waals surface area contributed by atoms with Crippen LogP contribution in [0.5, 0.6) is 11.5 Å². The zero-order valence-corrected chi connectivity index (χ0v) is 23.2.